The number of hydrogen-bond donors (Lipinski definition) is 1. The molecule has 10 heteroatoms. The van der Waals surface area contributed by atoms with E-state index >= 15 is 0 Å². The van der Waals surface area contributed by atoms with Gasteiger partial charge in [-0.05, 0) is 30.9 Å². The first-order chi connectivity index (χ1) is 16.3. The Hall–Kier alpha value is -3.43. The summed E-state index contributed by atoms with van der Waals surface area (Å²) in [6.45, 7) is 0.447. The Bertz CT molecular complexity index is 1170. The molecule has 34 heavy (non-hydrogen) atoms. The number of benzene rings is 1. The number of halogens is 2. The molecule has 2 aromatic heterocycles. The Balaban J connectivity index is 1.34. The third-order valence-electron chi connectivity index (χ3n) is 6.76. The van der Waals surface area contributed by atoms with E-state index in [1.807, 2.05) is 43.4 Å². The number of anilines is 3. The van der Waals surface area contributed by atoms with E-state index in [0.717, 1.165) is 16.8 Å². The Morgan fingerprint density at radius 1 is 1.18 bits per heavy atom. The van der Waals surface area contributed by atoms with Crippen LogP contribution in [0, 0.1) is 5.92 Å². The molecule has 3 heterocycles. The zero-order chi connectivity index (χ0) is 23.9. The number of aryl methyl sites for hydroxylation is 1. The number of hydrogen-bond acceptors (Lipinski definition) is 7. The minimum atomic E-state index is -2.55. The van der Waals surface area contributed by atoms with Gasteiger partial charge in [0.05, 0.1) is 25.5 Å². The molecule has 1 aliphatic carbocycles. The minimum absolute atomic E-state index is 0.00482. The average molecular weight is 471 g/mol. The summed E-state index contributed by atoms with van der Waals surface area (Å²) < 4.78 is 40.5. The molecular formula is C24H28F2N6O2. The first kappa shape index (κ1) is 22.4. The molecule has 1 fully saturated rings. The van der Waals surface area contributed by atoms with E-state index in [-0.39, 0.29) is 24.8 Å². The Morgan fingerprint density at radius 3 is 2.68 bits per heavy atom. The number of aromatic nitrogens is 4. The number of ether oxygens (including phenoxy) is 2. The van der Waals surface area contributed by atoms with E-state index in [9.17, 15) is 8.78 Å². The fourth-order valence-electron chi connectivity index (χ4n) is 4.82. The zero-order valence-electron chi connectivity index (χ0n) is 19.5. The Morgan fingerprint density at radius 2 is 1.97 bits per heavy atom. The number of nitrogens with zero attached hydrogens (tertiary/aromatic N) is 5. The molecule has 1 aliphatic heterocycles. The van der Waals surface area contributed by atoms with Gasteiger partial charge in [0, 0.05) is 56.0 Å². The van der Waals surface area contributed by atoms with Gasteiger partial charge in [-0.2, -0.15) is 10.1 Å². The van der Waals surface area contributed by atoms with Gasteiger partial charge in [0.15, 0.2) is 11.6 Å². The highest BCUT2D eigenvalue weighted by Crippen LogP contribution is 2.42. The number of fused-ring (bicyclic) bond motifs is 1. The monoisotopic (exact) mass is 470 g/mol. The molecule has 8 nitrogen and oxygen atoms in total. The van der Waals surface area contributed by atoms with Crippen LogP contribution in [0.25, 0.3) is 11.1 Å². The summed E-state index contributed by atoms with van der Waals surface area (Å²) in [5, 5.41) is 7.46. The van der Waals surface area contributed by atoms with Gasteiger partial charge in [-0.15, -0.1) is 0 Å². The van der Waals surface area contributed by atoms with E-state index in [0.29, 0.717) is 42.7 Å². The van der Waals surface area contributed by atoms with Crippen LogP contribution in [-0.4, -0.2) is 52.5 Å². The molecule has 3 aromatic rings. The van der Waals surface area contributed by atoms with E-state index < -0.39 is 5.92 Å². The quantitative estimate of drug-likeness (QED) is 0.582. The average Bonchev–Trinajstić information content (AvgIpc) is 3.26. The third-order valence-corrected chi connectivity index (χ3v) is 6.76. The molecular weight excluding hydrogens is 442 g/mol. The molecule has 0 saturated heterocycles. The van der Waals surface area contributed by atoms with Gasteiger partial charge in [0.2, 0.25) is 11.9 Å². The third kappa shape index (κ3) is 4.36. The number of methoxy groups -OCH3 is 1. The first-order valence-corrected chi connectivity index (χ1v) is 11.4. The lowest BCUT2D eigenvalue weighted by Crippen LogP contribution is -2.47. The van der Waals surface area contributed by atoms with Crippen molar-refractivity contribution in [1.29, 1.82) is 0 Å². The number of likely N-dealkylation sites (N-methyl/N-ethyl adjacent to an activating group) is 1. The van der Waals surface area contributed by atoms with Gasteiger partial charge in [-0.1, -0.05) is 0 Å². The second-order valence-electron chi connectivity index (χ2n) is 9.01. The van der Waals surface area contributed by atoms with E-state index in [1.54, 1.807) is 24.2 Å². The molecule has 1 unspecified atom stereocenters. The summed E-state index contributed by atoms with van der Waals surface area (Å²) in [5.74, 6) is -0.0322. The molecule has 0 bridgehead atoms. The predicted octanol–water partition coefficient (Wildman–Crippen LogP) is 4.65. The van der Waals surface area contributed by atoms with Crippen molar-refractivity contribution >= 4 is 17.5 Å². The van der Waals surface area contributed by atoms with Gasteiger partial charge in [-0.25, -0.2) is 13.8 Å². The zero-order valence-corrected chi connectivity index (χ0v) is 19.5. The van der Waals surface area contributed by atoms with Gasteiger partial charge < -0.3 is 19.7 Å². The Labute approximate surface area is 196 Å². The van der Waals surface area contributed by atoms with Gasteiger partial charge in [0.1, 0.15) is 12.4 Å². The summed E-state index contributed by atoms with van der Waals surface area (Å²) in [6, 6.07) is 5.78. The molecule has 5 rings (SSSR count). The number of nitrogens with one attached hydrogen (secondary N) is 1. The maximum absolute atomic E-state index is 13.6. The van der Waals surface area contributed by atoms with Crippen LogP contribution in [0.15, 0.2) is 36.8 Å². The van der Waals surface area contributed by atoms with Crippen LogP contribution in [0.4, 0.5) is 26.2 Å². The highest BCUT2D eigenvalue weighted by atomic mass is 19.3. The van der Waals surface area contributed by atoms with E-state index in [1.165, 1.54) is 0 Å². The fraction of sp³-hybridized carbons (Fsp3) is 0.458. The molecule has 1 saturated carbocycles. The van der Waals surface area contributed by atoms with Crippen molar-refractivity contribution in [3.05, 3.63) is 36.8 Å². The van der Waals surface area contributed by atoms with E-state index in [2.05, 4.69) is 20.4 Å². The maximum atomic E-state index is 13.6. The van der Waals surface area contributed by atoms with Crippen molar-refractivity contribution in [3.63, 3.8) is 0 Å². The normalized spacial score (nSPS) is 19.9. The van der Waals surface area contributed by atoms with Crippen molar-refractivity contribution in [1.82, 2.24) is 19.7 Å². The molecule has 1 aromatic carbocycles. The lowest BCUT2D eigenvalue weighted by atomic mass is 9.81. The molecule has 1 atom stereocenters. The minimum Gasteiger partial charge on any atom is -0.496 e. The molecule has 1 N–H and O–H groups in total. The van der Waals surface area contributed by atoms with Crippen molar-refractivity contribution in [2.24, 2.45) is 13.0 Å². The highest BCUT2D eigenvalue weighted by Gasteiger charge is 2.41. The molecule has 2 aliphatic rings. The standard InChI is InChI=1S/C24H28F2N6O2/c1-31-13-16(11-28-31)18-5-4-17(10-20(18)33-3)29-23-27-12-21-22(30-23)32(2)19(14-34-21)15-6-8-24(25,26)9-7-15/h4-5,10-13,15,19H,6-9,14H2,1-3H3,(H,27,29,30). The number of alkyl halides is 2. The molecule has 180 valence electrons. The molecule has 0 spiro atoms. The largest absolute Gasteiger partial charge is 0.496 e. The summed E-state index contributed by atoms with van der Waals surface area (Å²) in [7, 11) is 5.44. The lowest BCUT2D eigenvalue weighted by Gasteiger charge is -2.41. The van der Waals surface area contributed by atoms with Crippen molar-refractivity contribution in [3.8, 4) is 22.6 Å². The van der Waals surface area contributed by atoms with Crippen LogP contribution in [0.3, 0.4) is 0 Å². The predicted molar refractivity (Wildman–Crippen MR) is 125 cm³/mol. The summed E-state index contributed by atoms with van der Waals surface area (Å²) in [4.78, 5) is 11.1. The van der Waals surface area contributed by atoms with E-state index in [4.69, 9.17) is 9.47 Å². The van der Waals surface area contributed by atoms with Crippen LogP contribution in [-0.2, 0) is 7.05 Å². The first-order valence-electron chi connectivity index (χ1n) is 11.4. The van der Waals surface area contributed by atoms with Crippen LogP contribution < -0.4 is 19.7 Å². The van der Waals surface area contributed by atoms with Crippen molar-refractivity contribution < 1.29 is 18.3 Å². The van der Waals surface area contributed by atoms with Gasteiger partial charge in [0.25, 0.3) is 0 Å². The van der Waals surface area contributed by atoms with Crippen LogP contribution >= 0.6 is 0 Å². The molecule has 0 amide bonds. The SMILES string of the molecule is COc1cc(Nc2ncc3c(n2)N(C)C(C2CCC(F)(F)CC2)CO3)ccc1-c1cnn(C)c1. The van der Waals surface area contributed by atoms with Crippen LogP contribution in [0.5, 0.6) is 11.5 Å². The number of rotatable bonds is 5. The summed E-state index contributed by atoms with van der Waals surface area (Å²) >= 11 is 0. The second-order valence-corrected chi connectivity index (χ2v) is 9.01. The molecule has 0 radical (unpaired) electrons. The van der Waals surface area contributed by atoms with Crippen LogP contribution in [0.1, 0.15) is 25.7 Å². The maximum Gasteiger partial charge on any atom is 0.248 e. The topological polar surface area (TPSA) is 77.3 Å². The van der Waals surface area contributed by atoms with Crippen molar-refractivity contribution in [2.75, 3.05) is 31.0 Å². The summed E-state index contributed by atoms with van der Waals surface area (Å²) in [6.07, 6.45) is 6.20. The smallest absolute Gasteiger partial charge is 0.248 e. The van der Waals surface area contributed by atoms with Crippen LogP contribution in [0.2, 0.25) is 0 Å². The van der Waals surface area contributed by atoms with Crippen molar-refractivity contribution in [2.45, 2.75) is 37.6 Å². The van der Waals surface area contributed by atoms with Gasteiger partial charge in [-0.3, -0.25) is 4.68 Å². The Kier molecular flexibility index (Phi) is 5.75. The van der Waals surface area contributed by atoms with Gasteiger partial charge >= 0.3 is 0 Å². The second kappa shape index (κ2) is 8.73. The summed E-state index contributed by atoms with van der Waals surface area (Å²) in [5.41, 5.74) is 2.66. The fourth-order valence-corrected chi connectivity index (χ4v) is 4.82. The lowest BCUT2D eigenvalue weighted by molar-refractivity contribution is -0.0501. The highest BCUT2D eigenvalue weighted by molar-refractivity contribution is 5.73.